The van der Waals surface area contributed by atoms with Gasteiger partial charge in [0, 0.05) is 0 Å². The molecule has 0 fully saturated rings. The van der Waals surface area contributed by atoms with Crippen molar-refractivity contribution in [3.8, 4) is 0 Å². The summed E-state index contributed by atoms with van der Waals surface area (Å²) in [5.41, 5.74) is 0. The molecule has 0 aliphatic heterocycles. The van der Waals surface area contributed by atoms with E-state index in [1.807, 2.05) is 0 Å². The summed E-state index contributed by atoms with van der Waals surface area (Å²) >= 11 is 2.45. The van der Waals surface area contributed by atoms with Crippen LogP contribution in [0.1, 0.15) is 40.5 Å². The lowest BCUT2D eigenvalue weighted by atomic mass is 10.4. The Morgan fingerprint density at radius 1 is 1.08 bits per heavy atom. The van der Waals surface area contributed by atoms with Crippen molar-refractivity contribution in [3.63, 3.8) is 0 Å². The second-order valence-electron chi connectivity index (χ2n) is 3.56. The fourth-order valence-electron chi connectivity index (χ4n) is 1.56. The summed E-state index contributed by atoms with van der Waals surface area (Å²) in [5, 5.41) is 0. The average molecular weight is 314 g/mol. The fourth-order valence-corrected chi connectivity index (χ4v) is 6.46. The molecule has 0 bridgehead atoms. The second kappa shape index (κ2) is 7.23. The van der Waals surface area contributed by atoms with Gasteiger partial charge in [-0.05, 0) is 24.6 Å². The number of halogens is 1. The topological polar surface area (TPSA) is 9.23 Å². The van der Waals surface area contributed by atoms with Gasteiger partial charge in [0.15, 0.2) is 8.32 Å². The van der Waals surface area contributed by atoms with E-state index in [1.54, 1.807) is 0 Å². The quantitative estimate of drug-likeness (QED) is 0.380. The average Bonchev–Trinajstić information content (AvgIpc) is 2.15. The number of rotatable bonds is 7. The lowest BCUT2D eigenvalue weighted by Crippen LogP contribution is -2.38. The molecule has 1 unspecified atom stereocenters. The van der Waals surface area contributed by atoms with Crippen molar-refractivity contribution in [3.05, 3.63) is 0 Å². The van der Waals surface area contributed by atoms with Crippen molar-refractivity contribution in [1.29, 1.82) is 0 Å². The van der Waals surface area contributed by atoms with Crippen LogP contribution in [0.2, 0.25) is 18.1 Å². The molecule has 1 nitrogen and oxygen atoms in total. The van der Waals surface area contributed by atoms with Crippen molar-refractivity contribution in [2.24, 2.45) is 0 Å². The molecule has 0 aliphatic rings. The van der Waals surface area contributed by atoms with Crippen molar-refractivity contribution in [1.82, 2.24) is 0 Å². The van der Waals surface area contributed by atoms with Crippen molar-refractivity contribution < 1.29 is 4.43 Å². The van der Waals surface area contributed by atoms with Gasteiger partial charge in [-0.15, -0.1) is 0 Å². The van der Waals surface area contributed by atoms with Crippen LogP contribution in [-0.2, 0) is 4.43 Å². The Bertz CT molecular complexity index is 118. The summed E-state index contributed by atoms with van der Waals surface area (Å²) in [6, 6.07) is 3.80. The van der Waals surface area contributed by atoms with Gasteiger partial charge in [-0.3, -0.25) is 0 Å². The van der Waals surface area contributed by atoms with Crippen LogP contribution in [0.3, 0.4) is 0 Å². The highest BCUT2D eigenvalue weighted by Crippen LogP contribution is 2.26. The minimum absolute atomic E-state index is 0.453. The second-order valence-corrected chi connectivity index (χ2v) is 9.67. The summed E-state index contributed by atoms with van der Waals surface area (Å²) in [4.78, 5) is 0. The van der Waals surface area contributed by atoms with E-state index < -0.39 is 8.32 Å². The summed E-state index contributed by atoms with van der Waals surface area (Å²) in [7, 11) is -1.33. The van der Waals surface area contributed by atoms with Crippen LogP contribution in [0, 0.1) is 0 Å². The van der Waals surface area contributed by atoms with E-state index in [4.69, 9.17) is 4.43 Å². The van der Waals surface area contributed by atoms with Crippen LogP contribution in [-0.4, -0.2) is 12.4 Å². The first kappa shape index (κ1) is 13.9. The molecule has 0 aromatic heterocycles. The Hall–Kier alpha value is 0.907. The first-order valence-electron chi connectivity index (χ1n) is 5.46. The molecular weight excluding hydrogens is 291 g/mol. The predicted molar refractivity (Wildman–Crippen MR) is 71.0 cm³/mol. The van der Waals surface area contributed by atoms with Gasteiger partial charge in [-0.1, -0.05) is 56.7 Å². The smallest absolute Gasteiger partial charge is 0.193 e. The minimum Gasteiger partial charge on any atom is -0.405 e. The summed E-state index contributed by atoms with van der Waals surface area (Å²) in [5.74, 6) is 0. The Kier molecular flexibility index (Phi) is 7.74. The molecule has 0 rings (SSSR count). The van der Waals surface area contributed by atoms with E-state index in [2.05, 4.69) is 50.3 Å². The van der Waals surface area contributed by atoms with Gasteiger partial charge in [-0.2, -0.15) is 0 Å². The maximum Gasteiger partial charge on any atom is 0.193 e. The highest BCUT2D eigenvalue weighted by atomic mass is 127. The van der Waals surface area contributed by atoms with Crippen molar-refractivity contribution >= 4 is 30.9 Å². The summed E-state index contributed by atoms with van der Waals surface area (Å²) in [6.07, 6.45) is 2.44. The van der Waals surface area contributed by atoms with Gasteiger partial charge in [0.2, 0.25) is 0 Å². The highest BCUT2D eigenvalue weighted by Gasteiger charge is 2.30. The third-order valence-corrected chi connectivity index (χ3v) is 8.83. The molecule has 80 valence electrons. The Labute approximate surface area is 97.9 Å². The molecule has 0 saturated heterocycles. The van der Waals surface area contributed by atoms with Crippen LogP contribution in [0.4, 0.5) is 0 Å². The van der Waals surface area contributed by atoms with Crippen LogP contribution in [0.25, 0.3) is 0 Å². The molecule has 0 saturated carbocycles. The third kappa shape index (κ3) is 4.79. The molecule has 3 heteroatoms. The zero-order valence-electron chi connectivity index (χ0n) is 9.40. The Morgan fingerprint density at radius 2 is 1.54 bits per heavy atom. The molecule has 0 aromatic carbocycles. The molecule has 0 aliphatic carbocycles. The molecule has 0 heterocycles. The van der Waals surface area contributed by atoms with Crippen LogP contribution < -0.4 is 0 Å². The van der Waals surface area contributed by atoms with Crippen molar-refractivity contribution in [2.75, 3.05) is 0 Å². The molecular formula is C10H23IOSi. The fraction of sp³-hybridized carbons (Fsp3) is 1.00. The number of hydrogen-bond donors (Lipinski definition) is 0. The molecule has 0 radical (unpaired) electrons. The van der Waals surface area contributed by atoms with E-state index in [9.17, 15) is 0 Å². The van der Waals surface area contributed by atoms with Crippen LogP contribution >= 0.6 is 22.6 Å². The zero-order chi connectivity index (χ0) is 10.3. The van der Waals surface area contributed by atoms with Gasteiger partial charge >= 0.3 is 0 Å². The Balaban J connectivity index is 4.07. The standard InChI is InChI=1S/C10H23IOSi/c1-5-9-10(11)12-13(6-2,7-3)8-4/h10H,5-9H2,1-4H3. The first-order chi connectivity index (χ1) is 6.14. The van der Waals surface area contributed by atoms with Gasteiger partial charge < -0.3 is 4.43 Å². The molecule has 0 spiro atoms. The highest BCUT2D eigenvalue weighted by molar-refractivity contribution is 14.1. The molecule has 0 amide bonds. The SMILES string of the molecule is CCCC(I)O[Si](CC)(CC)CC. The third-order valence-electron chi connectivity index (χ3n) is 2.83. The summed E-state index contributed by atoms with van der Waals surface area (Å²) in [6.45, 7) is 9.08. The van der Waals surface area contributed by atoms with E-state index >= 15 is 0 Å². The van der Waals surface area contributed by atoms with Crippen LogP contribution in [0.15, 0.2) is 0 Å². The van der Waals surface area contributed by atoms with Gasteiger partial charge in [0.1, 0.15) is 0 Å². The number of alkyl halides is 1. The largest absolute Gasteiger partial charge is 0.405 e. The maximum absolute atomic E-state index is 6.25. The normalized spacial score (nSPS) is 14.5. The monoisotopic (exact) mass is 314 g/mol. The predicted octanol–water partition coefficient (Wildman–Crippen LogP) is 4.57. The molecule has 1 atom stereocenters. The lowest BCUT2D eigenvalue weighted by Gasteiger charge is -2.30. The number of hydrogen-bond acceptors (Lipinski definition) is 1. The molecule has 0 N–H and O–H groups in total. The van der Waals surface area contributed by atoms with E-state index in [0.717, 1.165) is 0 Å². The van der Waals surface area contributed by atoms with E-state index in [0.29, 0.717) is 4.11 Å². The van der Waals surface area contributed by atoms with Crippen molar-refractivity contribution in [2.45, 2.75) is 62.8 Å². The summed E-state index contributed by atoms with van der Waals surface area (Å²) < 4.78 is 6.70. The van der Waals surface area contributed by atoms with Gasteiger partial charge in [0.25, 0.3) is 0 Å². The van der Waals surface area contributed by atoms with E-state index in [-0.39, 0.29) is 0 Å². The molecule has 13 heavy (non-hydrogen) atoms. The zero-order valence-corrected chi connectivity index (χ0v) is 12.6. The lowest BCUT2D eigenvalue weighted by molar-refractivity contribution is 0.274. The Morgan fingerprint density at radius 3 is 1.85 bits per heavy atom. The minimum atomic E-state index is -1.33. The molecule has 0 aromatic rings. The maximum atomic E-state index is 6.25. The van der Waals surface area contributed by atoms with Gasteiger partial charge in [-0.25, -0.2) is 0 Å². The van der Waals surface area contributed by atoms with Gasteiger partial charge in [0.05, 0.1) is 4.11 Å². The van der Waals surface area contributed by atoms with Crippen LogP contribution in [0.5, 0.6) is 0 Å². The van der Waals surface area contributed by atoms with E-state index in [1.165, 1.54) is 31.0 Å². The first-order valence-corrected chi connectivity index (χ1v) is 9.23.